The van der Waals surface area contributed by atoms with Crippen LogP contribution in [0.3, 0.4) is 0 Å². The Labute approximate surface area is 306 Å². The number of benzene rings is 8. The summed E-state index contributed by atoms with van der Waals surface area (Å²) in [5.74, 6) is 1.92. The smallest absolute Gasteiger partial charge is 0.164 e. The van der Waals surface area contributed by atoms with Gasteiger partial charge < -0.3 is 4.57 Å². The fourth-order valence-electron chi connectivity index (χ4n) is 8.26. The van der Waals surface area contributed by atoms with Gasteiger partial charge in [0.2, 0.25) is 0 Å². The van der Waals surface area contributed by atoms with Crippen LogP contribution < -0.4 is 0 Å². The summed E-state index contributed by atoms with van der Waals surface area (Å²) < 4.78 is 2.46. The van der Waals surface area contributed by atoms with Crippen molar-refractivity contribution in [2.45, 2.75) is 0 Å². The molecule has 2 heterocycles. The lowest BCUT2D eigenvalue weighted by Gasteiger charge is -2.17. The highest BCUT2D eigenvalue weighted by Crippen LogP contribution is 2.51. The minimum Gasteiger partial charge on any atom is -0.309 e. The molecule has 4 heteroatoms. The molecule has 0 aliphatic heterocycles. The summed E-state index contributed by atoms with van der Waals surface area (Å²) in [6, 6.07) is 64.5. The van der Waals surface area contributed by atoms with E-state index < -0.39 is 0 Å². The van der Waals surface area contributed by atoms with E-state index in [0.717, 1.165) is 27.9 Å². The molecule has 0 unspecified atom stereocenters. The Hall–Kier alpha value is -7.17. The molecule has 53 heavy (non-hydrogen) atoms. The molecule has 246 valence electrons. The van der Waals surface area contributed by atoms with Crippen molar-refractivity contribution in [2.24, 2.45) is 0 Å². The number of aromatic nitrogens is 4. The third-order valence-corrected chi connectivity index (χ3v) is 10.5. The molecule has 0 N–H and O–H groups in total. The van der Waals surface area contributed by atoms with Crippen LogP contribution in [0.15, 0.2) is 182 Å². The summed E-state index contributed by atoms with van der Waals surface area (Å²) in [6.07, 6.45) is 0. The van der Waals surface area contributed by atoms with Crippen molar-refractivity contribution in [3.63, 3.8) is 0 Å². The molecule has 11 rings (SSSR count). The van der Waals surface area contributed by atoms with Crippen LogP contribution in [0.1, 0.15) is 0 Å². The van der Waals surface area contributed by atoms with Crippen molar-refractivity contribution in [1.82, 2.24) is 19.5 Å². The van der Waals surface area contributed by atoms with Gasteiger partial charge in [0.1, 0.15) is 0 Å². The van der Waals surface area contributed by atoms with Gasteiger partial charge in [0.05, 0.1) is 11.0 Å². The minimum atomic E-state index is 0.632. The van der Waals surface area contributed by atoms with Gasteiger partial charge in [0, 0.05) is 38.7 Å². The topological polar surface area (TPSA) is 43.6 Å². The SMILES string of the molecule is c1ccc(-c2nc(-c3ccccc3)nc(-c3cccc(-n4c5cccc6c5c5c7c(cccc7cc(-c7ccccc7)c54)-c4ccccc4-6)c3)n2)cc1. The molecule has 0 fully saturated rings. The fourth-order valence-corrected chi connectivity index (χ4v) is 8.26. The number of hydrogen-bond acceptors (Lipinski definition) is 3. The molecule has 0 saturated carbocycles. The molecule has 0 atom stereocenters. The van der Waals surface area contributed by atoms with Crippen molar-refractivity contribution in [3.05, 3.63) is 182 Å². The molecule has 0 saturated heterocycles. The first-order valence-electron chi connectivity index (χ1n) is 18.0. The van der Waals surface area contributed by atoms with Gasteiger partial charge in [-0.05, 0) is 62.9 Å². The summed E-state index contributed by atoms with van der Waals surface area (Å²) in [4.78, 5) is 15.1. The van der Waals surface area contributed by atoms with E-state index in [1.165, 1.54) is 60.4 Å². The summed E-state index contributed by atoms with van der Waals surface area (Å²) >= 11 is 0. The maximum absolute atomic E-state index is 5.08. The van der Waals surface area contributed by atoms with Gasteiger partial charge in [0.15, 0.2) is 17.5 Å². The van der Waals surface area contributed by atoms with E-state index in [9.17, 15) is 0 Å². The molecule has 4 nitrogen and oxygen atoms in total. The monoisotopic (exact) mass is 674 g/mol. The summed E-state index contributed by atoms with van der Waals surface area (Å²) in [7, 11) is 0. The predicted octanol–water partition coefficient (Wildman–Crippen LogP) is 12.4. The standard InChI is InChI=1S/C49H30N4/c1-4-15-31(16-5-1)41-30-34-21-13-26-39-37-24-10-11-25-38(37)40-27-14-28-42-44(40)45(43(34)39)46(41)53(42)36-23-12-22-35(29-36)49-51-47(32-17-6-2-7-18-32)50-48(52-49)33-19-8-3-9-20-33/h1-30H. The van der Waals surface area contributed by atoms with Crippen LogP contribution in [0.25, 0.3) is 106 Å². The number of hydrogen-bond donors (Lipinski definition) is 0. The van der Waals surface area contributed by atoms with E-state index in [4.69, 9.17) is 15.0 Å². The van der Waals surface area contributed by atoms with Gasteiger partial charge in [-0.2, -0.15) is 0 Å². The van der Waals surface area contributed by atoms with Crippen LogP contribution >= 0.6 is 0 Å². The second-order valence-electron chi connectivity index (χ2n) is 13.6. The lowest BCUT2D eigenvalue weighted by atomic mass is 9.91. The largest absolute Gasteiger partial charge is 0.309 e. The van der Waals surface area contributed by atoms with Crippen molar-refractivity contribution in [2.75, 3.05) is 0 Å². The fraction of sp³-hybridized carbons (Fsp3) is 0. The number of nitrogens with zero attached hydrogens (tertiary/aromatic N) is 4. The first-order chi connectivity index (χ1) is 26.3. The predicted molar refractivity (Wildman–Crippen MR) is 218 cm³/mol. The highest BCUT2D eigenvalue weighted by atomic mass is 15.0. The summed E-state index contributed by atoms with van der Waals surface area (Å²) in [5, 5.41) is 5.07. The van der Waals surface area contributed by atoms with Crippen LogP contribution in [-0.4, -0.2) is 19.5 Å². The summed E-state index contributed by atoms with van der Waals surface area (Å²) in [5.41, 5.74) is 13.6. The second-order valence-corrected chi connectivity index (χ2v) is 13.6. The zero-order valence-electron chi connectivity index (χ0n) is 28.6. The molecule has 2 aromatic heterocycles. The lowest BCUT2D eigenvalue weighted by molar-refractivity contribution is 1.07. The van der Waals surface area contributed by atoms with Crippen molar-refractivity contribution < 1.29 is 0 Å². The Bertz CT molecular complexity index is 2980. The molecule has 0 bridgehead atoms. The van der Waals surface area contributed by atoms with Crippen molar-refractivity contribution in [3.8, 4) is 73.2 Å². The van der Waals surface area contributed by atoms with Crippen LogP contribution in [0.4, 0.5) is 0 Å². The number of fused-ring (bicyclic) bond motifs is 3. The first-order valence-corrected chi connectivity index (χ1v) is 18.0. The first kappa shape index (κ1) is 29.5. The Morgan fingerprint density at radius 1 is 0.321 bits per heavy atom. The van der Waals surface area contributed by atoms with Crippen molar-refractivity contribution in [1.29, 1.82) is 0 Å². The zero-order valence-corrected chi connectivity index (χ0v) is 28.6. The maximum Gasteiger partial charge on any atom is 0.164 e. The van der Waals surface area contributed by atoms with Gasteiger partial charge >= 0.3 is 0 Å². The van der Waals surface area contributed by atoms with Gasteiger partial charge in [-0.25, -0.2) is 15.0 Å². The van der Waals surface area contributed by atoms with E-state index in [1.54, 1.807) is 0 Å². The highest BCUT2D eigenvalue weighted by molar-refractivity contribution is 6.32. The van der Waals surface area contributed by atoms with Crippen molar-refractivity contribution >= 4 is 32.6 Å². The Morgan fingerprint density at radius 2 is 0.811 bits per heavy atom. The minimum absolute atomic E-state index is 0.632. The van der Waals surface area contributed by atoms with Crippen LogP contribution in [0.2, 0.25) is 0 Å². The van der Waals surface area contributed by atoms with E-state index >= 15 is 0 Å². The second kappa shape index (κ2) is 11.7. The van der Waals surface area contributed by atoms with E-state index in [-0.39, 0.29) is 0 Å². The molecule has 0 amide bonds. The average molecular weight is 675 g/mol. The third-order valence-electron chi connectivity index (χ3n) is 10.5. The molecular formula is C49H30N4. The zero-order chi connectivity index (χ0) is 34.9. The van der Waals surface area contributed by atoms with Crippen LogP contribution in [-0.2, 0) is 0 Å². The quantitative estimate of drug-likeness (QED) is 0.182. The van der Waals surface area contributed by atoms with Crippen LogP contribution in [0, 0.1) is 0 Å². The molecule has 8 aromatic carbocycles. The van der Waals surface area contributed by atoms with Crippen LogP contribution in [0.5, 0.6) is 0 Å². The molecule has 0 spiro atoms. The molecule has 1 aliphatic carbocycles. The molecule has 1 aliphatic rings. The summed E-state index contributed by atoms with van der Waals surface area (Å²) in [6.45, 7) is 0. The van der Waals surface area contributed by atoms with E-state index in [1.807, 2.05) is 60.7 Å². The van der Waals surface area contributed by atoms with Gasteiger partial charge in [0.25, 0.3) is 0 Å². The Kier molecular flexibility index (Phi) is 6.52. The third kappa shape index (κ3) is 4.59. The maximum atomic E-state index is 5.08. The average Bonchev–Trinajstić information content (AvgIpc) is 3.53. The normalized spacial score (nSPS) is 11.8. The molecule has 10 aromatic rings. The highest BCUT2D eigenvalue weighted by Gasteiger charge is 2.27. The molecule has 0 radical (unpaired) electrons. The lowest BCUT2D eigenvalue weighted by Crippen LogP contribution is -2.01. The Morgan fingerprint density at radius 3 is 1.45 bits per heavy atom. The van der Waals surface area contributed by atoms with E-state index in [0.29, 0.717) is 17.5 Å². The van der Waals surface area contributed by atoms with Gasteiger partial charge in [-0.1, -0.05) is 158 Å². The van der Waals surface area contributed by atoms with Gasteiger partial charge in [-0.15, -0.1) is 0 Å². The van der Waals surface area contributed by atoms with Gasteiger partial charge in [-0.3, -0.25) is 0 Å². The Balaban J connectivity index is 1.23. The number of rotatable bonds is 5. The van der Waals surface area contributed by atoms with E-state index in [2.05, 4.69) is 126 Å². The molecular weight excluding hydrogens is 645 g/mol.